The van der Waals surface area contributed by atoms with E-state index < -0.39 is 40.2 Å². The van der Waals surface area contributed by atoms with Gasteiger partial charge >= 0.3 is 0 Å². The highest BCUT2D eigenvalue weighted by Gasteiger charge is 2.58. The average molecular weight is 394 g/mol. The summed E-state index contributed by atoms with van der Waals surface area (Å²) in [5, 5.41) is 29.6. The van der Waals surface area contributed by atoms with Crippen molar-refractivity contribution in [1.29, 1.82) is 15.8 Å². The second-order valence-corrected chi connectivity index (χ2v) is 7.33. The van der Waals surface area contributed by atoms with E-state index in [4.69, 9.17) is 15.2 Å². The van der Waals surface area contributed by atoms with Gasteiger partial charge in [0.15, 0.2) is 11.2 Å². The summed E-state index contributed by atoms with van der Waals surface area (Å²) in [6.07, 6.45) is 2.17. The van der Waals surface area contributed by atoms with Crippen molar-refractivity contribution in [3.05, 3.63) is 58.3 Å². The first kappa shape index (κ1) is 19.1. The van der Waals surface area contributed by atoms with E-state index in [0.717, 1.165) is 12.1 Å². The molecule has 0 bridgehead atoms. The number of hydrogen-bond acceptors (Lipinski definition) is 6. The molecule has 0 saturated carbocycles. The van der Waals surface area contributed by atoms with Gasteiger partial charge in [0.05, 0.1) is 36.6 Å². The number of allylic oxidation sites excluding steroid dienone is 3. The highest BCUT2D eigenvalue weighted by molar-refractivity contribution is 5.59. The lowest BCUT2D eigenvalue weighted by Crippen LogP contribution is -2.47. The van der Waals surface area contributed by atoms with E-state index in [1.54, 1.807) is 6.08 Å². The lowest BCUT2D eigenvalue weighted by molar-refractivity contribution is -0.171. The Bertz CT molecular complexity index is 1030. The molecular formula is C21H16F2N4O2. The Kier molecular flexibility index (Phi) is 4.39. The quantitative estimate of drug-likeness (QED) is 0.783. The van der Waals surface area contributed by atoms with E-state index in [9.17, 15) is 24.6 Å². The molecule has 1 fully saturated rings. The first-order valence-electron chi connectivity index (χ1n) is 9.08. The smallest absolute Gasteiger partial charge is 0.191 e. The predicted molar refractivity (Wildman–Crippen MR) is 95.0 cm³/mol. The van der Waals surface area contributed by atoms with Gasteiger partial charge in [-0.1, -0.05) is 12.1 Å². The molecule has 2 N–H and O–H groups in total. The molecule has 6 nitrogen and oxygen atoms in total. The maximum Gasteiger partial charge on any atom is 0.191 e. The topological polar surface area (TPSA) is 116 Å². The van der Waals surface area contributed by atoms with Gasteiger partial charge in [-0.25, -0.2) is 8.78 Å². The van der Waals surface area contributed by atoms with Gasteiger partial charge in [0.25, 0.3) is 0 Å². The van der Waals surface area contributed by atoms with Crippen LogP contribution in [-0.2, 0) is 9.47 Å². The van der Waals surface area contributed by atoms with Crippen molar-refractivity contribution < 1.29 is 18.3 Å². The SMILES string of the molecule is N#CC1=C(N)C(C#N)(C#N)[C@H](c2c(F)cccc2F)[C@H]2CC3(CC=C12)OCCO3. The van der Waals surface area contributed by atoms with Crippen molar-refractivity contribution in [1.82, 2.24) is 0 Å². The van der Waals surface area contributed by atoms with Gasteiger partial charge in [-0.2, -0.15) is 15.8 Å². The molecule has 4 rings (SSSR count). The highest BCUT2D eigenvalue weighted by Crippen LogP contribution is 2.58. The molecule has 2 aliphatic carbocycles. The number of fused-ring (bicyclic) bond motifs is 1. The van der Waals surface area contributed by atoms with Crippen LogP contribution < -0.4 is 5.73 Å². The van der Waals surface area contributed by atoms with Crippen molar-refractivity contribution in [2.45, 2.75) is 24.5 Å². The standard InChI is InChI=1S/C21H16F2N4O2/c22-15-2-1-3-16(23)17(15)18-13-8-21(28-6-7-29-21)5-4-12(13)14(9-24)19(27)20(18,10-25)11-26/h1-4,13,18H,5-8,27H2/t13-,18-/m0/s1. The van der Waals surface area contributed by atoms with Crippen LogP contribution in [0, 0.1) is 57.0 Å². The molecule has 2 atom stereocenters. The van der Waals surface area contributed by atoms with Crippen LogP contribution in [0.1, 0.15) is 24.3 Å². The summed E-state index contributed by atoms with van der Waals surface area (Å²) < 4.78 is 41.2. The maximum atomic E-state index is 14.8. The number of benzene rings is 1. The summed E-state index contributed by atoms with van der Waals surface area (Å²) in [5.41, 5.74) is 3.79. The Hall–Kier alpha value is -3.25. The molecule has 1 saturated heterocycles. The Morgan fingerprint density at radius 1 is 1.07 bits per heavy atom. The minimum Gasteiger partial charge on any atom is -0.399 e. The Morgan fingerprint density at radius 2 is 1.69 bits per heavy atom. The monoisotopic (exact) mass is 394 g/mol. The van der Waals surface area contributed by atoms with Crippen LogP contribution >= 0.6 is 0 Å². The summed E-state index contributed by atoms with van der Waals surface area (Å²) >= 11 is 0. The van der Waals surface area contributed by atoms with Crippen LogP contribution in [0.3, 0.4) is 0 Å². The summed E-state index contributed by atoms with van der Waals surface area (Å²) in [6.45, 7) is 0.721. The third-order valence-electron chi connectivity index (χ3n) is 6.00. The van der Waals surface area contributed by atoms with Gasteiger partial charge in [0.2, 0.25) is 0 Å². The van der Waals surface area contributed by atoms with Gasteiger partial charge in [-0.05, 0) is 17.7 Å². The number of halogens is 2. The number of nitrogens with two attached hydrogens (primary N) is 1. The van der Waals surface area contributed by atoms with Crippen molar-refractivity contribution >= 4 is 0 Å². The van der Waals surface area contributed by atoms with E-state index >= 15 is 0 Å². The number of hydrogen-bond donors (Lipinski definition) is 1. The molecule has 146 valence electrons. The third kappa shape index (κ3) is 2.56. The lowest BCUT2D eigenvalue weighted by atomic mass is 9.56. The Labute approximate surface area is 166 Å². The number of rotatable bonds is 1. The van der Waals surface area contributed by atoms with Crippen LogP contribution in [-0.4, -0.2) is 19.0 Å². The molecule has 0 aromatic heterocycles. The third-order valence-corrected chi connectivity index (χ3v) is 6.00. The van der Waals surface area contributed by atoms with Gasteiger partial charge in [-0.3, -0.25) is 0 Å². The molecule has 0 unspecified atom stereocenters. The largest absolute Gasteiger partial charge is 0.399 e. The van der Waals surface area contributed by atoms with Gasteiger partial charge < -0.3 is 15.2 Å². The summed E-state index contributed by atoms with van der Waals surface area (Å²) in [5.74, 6) is -4.82. The number of nitriles is 3. The Morgan fingerprint density at radius 3 is 2.24 bits per heavy atom. The van der Waals surface area contributed by atoms with Crippen LogP contribution in [0.5, 0.6) is 0 Å². The second kappa shape index (κ2) is 6.67. The zero-order valence-corrected chi connectivity index (χ0v) is 15.3. The first-order valence-corrected chi connectivity index (χ1v) is 9.08. The van der Waals surface area contributed by atoms with E-state index in [1.807, 2.05) is 18.2 Å². The van der Waals surface area contributed by atoms with Crippen LogP contribution in [0.4, 0.5) is 8.78 Å². The normalized spacial score (nSPS) is 26.8. The summed E-state index contributed by atoms with van der Waals surface area (Å²) in [7, 11) is 0. The zero-order valence-electron chi connectivity index (χ0n) is 15.3. The van der Waals surface area contributed by atoms with E-state index in [0.29, 0.717) is 25.2 Å². The van der Waals surface area contributed by atoms with Crippen LogP contribution in [0.2, 0.25) is 0 Å². The molecule has 1 heterocycles. The summed E-state index contributed by atoms with van der Waals surface area (Å²) in [6, 6.07) is 9.04. The van der Waals surface area contributed by atoms with Crippen molar-refractivity contribution in [3.8, 4) is 18.2 Å². The fourth-order valence-electron chi connectivity index (χ4n) is 4.72. The molecular weight excluding hydrogens is 378 g/mol. The molecule has 1 aliphatic heterocycles. The molecule has 8 heteroatoms. The van der Waals surface area contributed by atoms with Crippen molar-refractivity contribution in [3.63, 3.8) is 0 Å². The fourth-order valence-corrected chi connectivity index (χ4v) is 4.72. The molecule has 1 aromatic rings. The van der Waals surface area contributed by atoms with E-state index in [2.05, 4.69) is 0 Å². The van der Waals surface area contributed by atoms with E-state index in [1.165, 1.54) is 6.07 Å². The lowest BCUT2D eigenvalue weighted by Gasteiger charge is -2.46. The molecule has 0 radical (unpaired) electrons. The molecule has 1 spiro atoms. The van der Waals surface area contributed by atoms with Crippen molar-refractivity contribution in [2.75, 3.05) is 13.2 Å². The van der Waals surface area contributed by atoms with Gasteiger partial charge in [0.1, 0.15) is 17.7 Å². The second-order valence-electron chi connectivity index (χ2n) is 7.33. The fraction of sp³-hybridized carbons (Fsp3) is 0.381. The minimum absolute atomic E-state index is 0.000977. The maximum absolute atomic E-state index is 14.8. The Balaban J connectivity index is 2.03. The minimum atomic E-state index is -2.12. The van der Waals surface area contributed by atoms with Gasteiger partial charge in [0, 0.05) is 30.2 Å². The zero-order chi connectivity index (χ0) is 20.8. The van der Waals surface area contributed by atoms with Crippen LogP contribution in [0.15, 0.2) is 41.1 Å². The molecule has 29 heavy (non-hydrogen) atoms. The van der Waals surface area contributed by atoms with E-state index in [-0.39, 0.29) is 17.7 Å². The molecule has 3 aliphatic rings. The number of ether oxygens (including phenoxy) is 2. The van der Waals surface area contributed by atoms with Gasteiger partial charge in [-0.15, -0.1) is 0 Å². The predicted octanol–water partition coefficient (Wildman–Crippen LogP) is 2.91. The first-order chi connectivity index (χ1) is 13.9. The molecule has 1 aromatic carbocycles. The number of nitrogens with zero attached hydrogens (tertiary/aromatic N) is 3. The molecule has 0 amide bonds. The van der Waals surface area contributed by atoms with Crippen molar-refractivity contribution in [2.24, 2.45) is 17.1 Å². The highest BCUT2D eigenvalue weighted by atomic mass is 19.1. The summed E-state index contributed by atoms with van der Waals surface area (Å²) in [4.78, 5) is 0. The van der Waals surface area contributed by atoms with Crippen LogP contribution in [0.25, 0.3) is 0 Å². The average Bonchev–Trinajstić information content (AvgIpc) is 3.16.